The summed E-state index contributed by atoms with van der Waals surface area (Å²) in [5.74, 6) is -0.370. The van der Waals surface area contributed by atoms with E-state index >= 15 is 0 Å². The molecule has 1 heterocycles. The Labute approximate surface area is 142 Å². The van der Waals surface area contributed by atoms with E-state index in [0.717, 1.165) is 5.56 Å². The molecule has 128 valence electrons. The first kappa shape index (κ1) is 18.1. The number of nitrogens with one attached hydrogen (secondary N) is 2. The van der Waals surface area contributed by atoms with Crippen molar-refractivity contribution in [1.29, 1.82) is 0 Å². The van der Waals surface area contributed by atoms with Gasteiger partial charge in [-0.25, -0.2) is 13.1 Å². The van der Waals surface area contributed by atoms with Crippen molar-refractivity contribution in [2.45, 2.75) is 32.2 Å². The Morgan fingerprint density at radius 1 is 1.12 bits per heavy atom. The van der Waals surface area contributed by atoms with Crippen LogP contribution in [-0.2, 0) is 22.3 Å². The number of amides is 1. The molecular formula is C17H21N3O3S. The van der Waals surface area contributed by atoms with Gasteiger partial charge in [0.2, 0.25) is 10.0 Å². The zero-order valence-corrected chi connectivity index (χ0v) is 14.5. The number of pyridine rings is 1. The van der Waals surface area contributed by atoms with E-state index in [4.69, 9.17) is 0 Å². The van der Waals surface area contributed by atoms with E-state index in [1.54, 1.807) is 44.3 Å². The molecule has 0 unspecified atom stereocenters. The van der Waals surface area contributed by atoms with Crippen molar-refractivity contribution in [1.82, 2.24) is 15.0 Å². The van der Waals surface area contributed by atoms with Gasteiger partial charge in [-0.1, -0.05) is 24.3 Å². The van der Waals surface area contributed by atoms with Crippen LogP contribution in [-0.4, -0.2) is 25.4 Å². The molecule has 0 atom stereocenters. The minimum atomic E-state index is -3.42. The lowest BCUT2D eigenvalue weighted by Crippen LogP contribution is -2.32. The van der Waals surface area contributed by atoms with Crippen molar-refractivity contribution in [3.8, 4) is 0 Å². The molecule has 0 fully saturated rings. The van der Waals surface area contributed by atoms with Gasteiger partial charge in [0.05, 0.1) is 11.3 Å². The van der Waals surface area contributed by atoms with Gasteiger partial charge in [0.25, 0.3) is 5.91 Å². The lowest BCUT2D eigenvalue weighted by Gasteiger charge is -2.13. The summed E-state index contributed by atoms with van der Waals surface area (Å²) in [5, 5.41) is 2.79. The van der Waals surface area contributed by atoms with Crippen LogP contribution in [0.4, 0.5) is 0 Å². The topological polar surface area (TPSA) is 88.2 Å². The molecule has 0 saturated heterocycles. The van der Waals surface area contributed by atoms with Gasteiger partial charge in [-0.3, -0.25) is 9.78 Å². The highest BCUT2D eigenvalue weighted by molar-refractivity contribution is 7.88. The molecule has 6 nitrogen and oxygen atoms in total. The largest absolute Gasteiger partial charge is 0.348 e. The highest BCUT2D eigenvalue weighted by atomic mass is 32.2. The number of hydrogen-bond donors (Lipinski definition) is 2. The van der Waals surface area contributed by atoms with Crippen LogP contribution in [0.1, 0.15) is 35.3 Å². The lowest BCUT2D eigenvalue weighted by atomic mass is 10.1. The van der Waals surface area contributed by atoms with Crippen molar-refractivity contribution < 1.29 is 13.2 Å². The number of carbonyl (C=O) groups excluding carboxylic acids is 1. The smallest absolute Gasteiger partial charge is 0.253 e. The Balaban J connectivity index is 2.08. The van der Waals surface area contributed by atoms with E-state index in [1.165, 1.54) is 6.20 Å². The Bertz CT molecular complexity index is 790. The van der Waals surface area contributed by atoms with Crippen LogP contribution >= 0.6 is 0 Å². The van der Waals surface area contributed by atoms with Crippen molar-refractivity contribution in [3.63, 3.8) is 0 Å². The molecule has 1 aromatic heterocycles. The minimum Gasteiger partial charge on any atom is -0.348 e. The van der Waals surface area contributed by atoms with Crippen molar-refractivity contribution in [3.05, 3.63) is 65.5 Å². The molecule has 24 heavy (non-hydrogen) atoms. The Kier molecular flexibility index (Phi) is 6.05. The predicted molar refractivity (Wildman–Crippen MR) is 92.7 cm³/mol. The van der Waals surface area contributed by atoms with Gasteiger partial charge in [-0.15, -0.1) is 0 Å². The molecule has 0 spiro atoms. The number of hydrogen-bond acceptors (Lipinski definition) is 4. The summed E-state index contributed by atoms with van der Waals surface area (Å²) in [6, 6.07) is 10.4. The summed E-state index contributed by atoms with van der Waals surface area (Å²) in [5.41, 5.74) is 1.89. The third-order valence-electron chi connectivity index (χ3n) is 3.24. The first-order valence-corrected chi connectivity index (χ1v) is 9.27. The van der Waals surface area contributed by atoms with E-state index in [0.29, 0.717) is 11.1 Å². The summed E-state index contributed by atoms with van der Waals surface area (Å²) in [4.78, 5) is 16.0. The van der Waals surface area contributed by atoms with Crippen molar-refractivity contribution >= 4 is 15.9 Å². The fraction of sp³-hybridized carbons (Fsp3) is 0.294. The van der Waals surface area contributed by atoms with Gasteiger partial charge in [0, 0.05) is 25.0 Å². The van der Waals surface area contributed by atoms with E-state index < -0.39 is 10.0 Å². The lowest BCUT2D eigenvalue weighted by molar-refractivity contribution is 0.0950. The highest BCUT2D eigenvalue weighted by Gasteiger charge is 2.15. The van der Waals surface area contributed by atoms with Crippen LogP contribution < -0.4 is 10.0 Å². The molecule has 0 radical (unpaired) electrons. The molecule has 1 aromatic carbocycles. The van der Waals surface area contributed by atoms with Gasteiger partial charge >= 0.3 is 0 Å². The molecule has 2 aromatic rings. The maximum absolute atomic E-state index is 12.1. The van der Waals surface area contributed by atoms with Crippen LogP contribution in [0.2, 0.25) is 0 Å². The normalized spacial score (nSPS) is 11.5. The minimum absolute atomic E-state index is 0.121. The van der Waals surface area contributed by atoms with Gasteiger partial charge in [0.15, 0.2) is 0 Å². The van der Waals surface area contributed by atoms with Gasteiger partial charge in [-0.2, -0.15) is 0 Å². The zero-order chi connectivity index (χ0) is 17.6. The van der Waals surface area contributed by atoms with E-state index in [1.807, 2.05) is 12.1 Å². The first-order valence-electron chi connectivity index (χ1n) is 7.62. The first-order chi connectivity index (χ1) is 11.4. The number of nitrogens with zero attached hydrogens (tertiary/aromatic N) is 1. The zero-order valence-electron chi connectivity index (χ0n) is 13.7. The molecular weight excluding hydrogens is 326 g/mol. The molecule has 0 bridgehead atoms. The van der Waals surface area contributed by atoms with E-state index in [-0.39, 0.29) is 24.2 Å². The Morgan fingerprint density at radius 3 is 2.46 bits per heavy atom. The van der Waals surface area contributed by atoms with Crippen LogP contribution in [0, 0.1) is 0 Å². The summed E-state index contributed by atoms with van der Waals surface area (Å²) >= 11 is 0. The van der Waals surface area contributed by atoms with E-state index in [9.17, 15) is 13.2 Å². The van der Waals surface area contributed by atoms with Gasteiger partial charge in [-0.05, 0) is 37.1 Å². The third-order valence-corrected chi connectivity index (χ3v) is 4.76. The van der Waals surface area contributed by atoms with Gasteiger partial charge < -0.3 is 5.32 Å². The van der Waals surface area contributed by atoms with Crippen molar-refractivity contribution in [2.24, 2.45) is 0 Å². The third kappa shape index (κ3) is 5.43. The molecule has 2 N–H and O–H groups in total. The van der Waals surface area contributed by atoms with Gasteiger partial charge in [0.1, 0.15) is 0 Å². The average molecular weight is 347 g/mol. The summed E-state index contributed by atoms with van der Waals surface area (Å²) in [7, 11) is -3.42. The quantitative estimate of drug-likeness (QED) is 0.800. The number of aromatic nitrogens is 1. The second-order valence-corrected chi connectivity index (χ2v) is 7.48. The second-order valence-electron chi connectivity index (χ2n) is 5.72. The molecule has 7 heteroatoms. The monoisotopic (exact) mass is 347 g/mol. The average Bonchev–Trinajstić information content (AvgIpc) is 2.53. The molecule has 0 aliphatic rings. The number of sulfonamides is 1. The number of carbonyl (C=O) groups is 1. The second kappa shape index (κ2) is 8.03. The maximum atomic E-state index is 12.1. The molecule has 2 rings (SSSR count). The van der Waals surface area contributed by atoms with Crippen LogP contribution in [0.25, 0.3) is 0 Å². The number of rotatable bonds is 7. The summed E-state index contributed by atoms with van der Waals surface area (Å²) < 4.78 is 26.8. The molecule has 1 amide bonds. The highest BCUT2D eigenvalue weighted by Crippen LogP contribution is 2.13. The van der Waals surface area contributed by atoms with Crippen LogP contribution in [0.3, 0.4) is 0 Å². The van der Waals surface area contributed by atoms with Crippen LogP contribution in [0.5, 0.6) is 0 Å². The summed E-state index contributed by atoms with van der Waals surface area (Å²) in [6.07, 6.45) is 3.08. The Morgan fingerprint density at radius 2 is 1.83 bits per heavy atom. The van der Waals surface area contributed by atoms with Crippen molar-refractivity contribution in [2.75, 3.05) is 0 Å². The SMILES string of the molecule is CC(C)NS(=O)(=O)Cc1ccccc1CNC(=O)c1cccnc1. The summed E-state index contributed by atoms with van der Waals surface area (Å²) in [6.45, 7) is 3.80. The maximum Gasteiger partial charge on any atom is 0.253 e. The predicted octanol–water partition coefficient (Wildman–Crippen LogP) is 1.84. The Hall–Kier alpha value is -2.25. The fourth-order valence-corrected chi connectivity index (χ4v) is 3.74. The van der Waals surface area contributed by atoms with Crippen LogP contribution in [0.15, 0.2) is 48.8 Å². The number of benzene rings is 1. The molecule has 0 aliphatic heterocycles. The molecule has 0 saturated carbocycles. The fourth-order valence-electron chi connectivity index (χ4n) is 2.25. The van der Waals surface area contributed by atoms with E-state index in [2.05, 4.69) is 15.0 Å². The standard InChI is InChI=1S/C17H21N3O3S/c1-13(2)20-24(22,23)12-16-7-4-3-6-14(16)11-19-17(21)15-8-5-9-18-10-15/h3-10,13,20H,11-12H2,1-2H3,(H,19,21). The molecule has 0 aliphatic carbocycles.